The lowest BCUT2D eigenvalue weighted by Crippen LogP contribution is -2.47. The molecular weight excluding hydrogens is 280 g/mol. The van der Waals surface area contributed by atoms with Gasteiger partial charge in [-0.2, -0.15) is 0 Å². The van der Waals surface area contributed by atoms with Crippen molar-refractivity contribution in [1.82, 2.24) is 10.6 Å². The van der Waals surface area contributed by atoms with Crippen LogP contribution in [-0.4, -0.2) is 43.0 Å². The van der Waals surface area contributed by atoms with Crippen molar-refractivity contribution in [1.29, 1.82) is 0 Å². The minimum absolute atomic E-state index is 0.151. The molecule has 0 heterocycles. The van der Waals surface area contributed by atoms with E-state index in [1.807, 2.05) is 20.8 Å². The van der Waals surface area contributed by atoms with Crippen LogP contribution in [0.3, 0.4) is 0 Å². The van der Waals surface area contributed by atoms with E-state index in [0.717, 1.165) is 19.3 Å². The second-order valence-electron chi connectivity index (χ2n) is 7.60. The second kappa shape index (κ2) is 9.36. The van der Waals surface area contributed by atoms with Crippen molar-refractivity contribution >= 4 is 6.09 Å². The van der Waals surface area contributed by atoms with Gasteiger partial charge in [-0.1, -0.05) is 13.3 Å². The van der Waals surface area contributed by atoms with E-state index in [2.05, 4.69) is 38.3 Å². The number of ether oxygens (including phenoxy) is 2. The molecule has 0 aliphatic carbocycles. The highest BCUT2D eigenvalue weighted by molar-refractivity contribution is 5.67. The van der Waals surface area contributed by atoms with Gasteiger partial charge in [-0.25, -0.2) is 4.79 Å². The van der Waals surface area contributed by atoms with Gasteiger partial charge >= 0.3 is 6.09 Å². The number of carbonyl (C=O) groups excluding carboxylic acids is 1. The number of methoxy groups -OCH3 is 1. The number of amides is 1. The molecule has 0 fully saturated rings. The summed E-state index contributed by atoms with van der Waals surface area (Å²) in [5, 5.41) is 6.43. The van der Waals surface area contributed by atoms with Crippen molar-refractivity contribution in [3.05, 3.63) is 0 Å². The van der Waals surface area contributed by atoms with Gasteiger partial charge in [0.25, 0.3) is 0 Å². The van der Waals surface area contributed by atoms with Crippen LogP contribution in [-0.2, 0) is 9.47 Å². The average molecular weight is 316 g/mol. The third kappa shape index (κ3) is 10.9. The Hall–Kier alpha value is -0.810. The lowest BCUT2D eigenvalue weighted by molar-refractivity contribution is 0.00743. The molecule has 0 radical (unpaired) electrons. The zero-order valence-electron chi connectivity index (χ0n) is 15.7. The molecule has 0 aromatic rings. The van der Waals surface area contributed by atoms with E-state index in [1.165, 1.54) is 0 Å². The van der Waals surface area contributed by atoms with Crippen molar-refractivity contribution in [3.63, 3.8) is 0 Å². The predicted octanol–water partition coefficient (Wildman–Crippen LogP) is 3.47. The summed E-state index contributed by atoms with van der Waals surface area (Å²) in [5.74, 6) is 0. The molecular formula is C17H36N2O3. The number of nitrogens with one attached hydrogen (secondary N) is 2. The summed E-state index contributed by atoms with van der Waals surface area (Å²) in [6.07, 6.45) is 2.62. The highest BCUT2D eigenvalue weighted by Crippen LogP contribution is 2.16. The molecule has 0 bridgehead atoms. The third-order valence-electron chi connectivity index (χ3n) is 3.40. The molecule has 5 heteroatoms. The van der Waals surface area contributed by atoms with Crippen LogP contribution in [0.15, 0.2) is 0 Å². The van der Waals surface area contributed by atoms with Gasteiger partial charge < -0.3 is 20.1 Å². The van der Waals surface area contributed by atoms with Crippen molar-refractivity contribution in [2.45, 2.75) is 91.0 Å². The molecule has 2 N–H and O–H groups in total. The van der Waals surface area contributed by atoms with Gasteiger partial charge in [-0.05, 0) is 54.4 Å². The Bertz CT molecular complexity index is 324. The Morgan fingerprint density at radius 1 is 1.18 bits per heavy atom. The molecule has 0 aromatic carbocycles. The molecule has 0 aliphatic rings. The maximum atomic E-state index is 11.7. The van der Waals surface area contributed by atoms with Gasteiger partial charge in [-0.15, -0.1) is 0 Å². The fraction of sp³-hybridized carbons (Fsp3) is 0.941. The number of hydrogen-bond donors (Lipinski definition) is 2. The first kappa shape index (κ1) is 21.2. The van der Waals surface area contributed by atoms with Crippen LogP contribution in [0.5, 0.6) is 0 Å². The minimum Gasteiger partial charge on any atom is -0.444 e. The minimum atomic E-state index is -0.465. The zero-order chi connectivity index (χ0) is 17.4. The molecule has 0 rings (SSSR count). The first-order valence-corrected chi connectivity index (χ1v) is 8.27. The molecule has 0 saturated heterocycles. The maximum absolute atomic E-state index is 11.7. The van der Waals surface area contributed by atoms with Crippen molar-refractivity contribution in [2.75, 3.05) is 13.7 Å². The molecule has 132 valence electrons. The highest BCUT2D eigenvalue weighted by atomic mass is 16.6. The quantitative estimate of drug-likeness (QED) is 0.684. The molecule has 22 heavy (non-hydrogen) atoms. The number of rotatable bonds is 9. The Morgan fingerprint density at radius 2 is 1.77 bits per heavy atom. The van der Waals surface area contributed by atoms with Gasteiger partial charge in [0.2, 0.25) is 0 Å². The third-order valence-corrected chi connectivity index (χ3v) is 3.40. The smallest absolute Gasteiger partial charge is 0.407 e. The van der Waals surface area contributed by atoms with Crippen LogP contribution in [0.2, 0.25) is 0 Å². The molecule has 0 aliphatic heterocycles. The Balaban J connectivity index is 4.34. The van der Waals surface area contributed by atoms with Crippen molar-refractivity contribution in [2.24, 2.45) is 0 Å². The van der Waals surface area contributed by atoms with Gasteiger partial charge in [0.1, 0.15) is 5.60 Å². The first-order valence-electron chi connectivity index (χ1n) is 8.27. The van der Waals surface area contributed by atoms with Crippen LogP contribution < -0.4 is 10.6 Å². The van der Waals surface area contributed by atoms with Gasteiger partial charge in [-0.3, -0.25) is 0 Å². The Morgan fingerprint density at radius 3 is 2.23 bits per heavy atom. The first-order chi connectivity index (χ1) is 9.99. The lowest BCUT2D eigenvalue weighted by atomic mass is 9.98. The molecule has 2 unspecified atom stereocenters. The lowest BCUT2D eigenvalue weighted by Gasteiger charge is -2.30. The zero-order valence-corrected chi connectivity index (χ0v) is 15.7. The molecule has 0 spiro atoms. The van der Waals surface area contributed by atoms with Crippen LogP contribution in [0, 0.1) is 0 Å². The van der Waals surface area contributed by atoms with Crippen molar-refractivity contribution in [3.8, 4) is 0 Å². The summed E-state index contributed by atoms with van der Waals surface area (Å²) >= 11 is 0. The SMILES string of the molecule is CCCC(CNC(=O)OC(C)(C)C)NC(C)CC(C)(C)OC. The maximum Gasteiger partial charge on any atom is 0.407 e. The summed E-state index contributed by atoms with van der Waals surface area (Å²) in [6.45, 7) is 14.6. The van der Waals surface area contributed by atoms with E-state index in [0.29, 0.717) is 12.6 Å². The monoisotopic (exact) mass is 316 g/mol. The largest absolute Gasteiger partial charge is 0.444 e. The summed E-state index contributed by atoms with van der Waals surface area (Å²) < 4.78 is 10.7. The van der Waals surface area contributed by atoms with E-state index in [9.17, 15) is 4.79 Å². The number of alkyl carbamates (subject to hydrolysis) is 1. The summed E-state index contributed by atoms with van der Waals surface area (Å²) in [4.78, 5) is 11.7. The topological polar surface area (TPSA) is 59.6 Å². The van der Waals surface area contributed by atoms with Gasteiger partial charge in [0.05, 0.1) is 5.60 Å². The average Bonchev–Trinajstić information content (AvgIpc) is 2.33. The Labute approximate surface area is 136 Å². The summed E-state index contributed by atoms with van der Waals surface area (Å²) in [5.41, 5.74) is -0.616. The summed E-state index contributed by atoms with van der Waals surface area (Å²) in [7, 11) is 1.74. The van der Waals surface area contributed by atoms with Gasteiger partial charge in [0, 0.05) is 25.7 Å². The number of hydrogen-bond acceptors (Lipinski definition) is 4. The fourth-order valence-corrected chi connectivity index (χ4v) is 2.40. The molecule has 0 aromatic heterocycles. The van der Waals surface area contributed by atoms with Crippen LogP contribution >= 0.6 is 0 Å². The van der Waals surface area contributed by atoms with E-state index < -0.39 is 5.60 Å². The van der Waals surface area contributed by atoms with Crippen LogP contribution in [0.1, 0.15) is 67.7 Å². The van der Waals surface area contributed by atoms with E-state index in [4.69, 9.17) is 9.47 Å². The van der Waals surface area contributed by atoms with Crippen molar-refractivity contribution < 1.29 is 14.3 Å². The standard InChI is InChI=1S/C17H36N2O3/c1-9-10-14(12-18-15(20)22-16(3,4)5)19-13(2)11-17(6,7)21-8/h13-14,19H,9-12H2,1-8H3,(H,18,20). The second-order valence-corrected chi connectivity index (χ2v) is 7.60. The van der Waals surface area contributed by atoms with E-state index in [1.54, 1.807) is 7.11 Å². The molecule has 0 saturated carbocycles. The molecule has 5 nitrogen and oxygen atoms in total. The van der Waals surface area contributed by atoms with E-state index in [-0.39, 0.29) is 17.7 Å². The van der Waals surface area contributed by atoms with Crippen LogP contribution in [0.4, 0.5) is 4.79 Å². The normalized spacial score (nSPS) is 15.3. The Kier molecular flexibility index (Phi) is 9.01. The summed E-state index contributed by atoms with van der Waals surface area (Å²) in [6, 6.07) is 0.548. The predicted molar refractivity (Wildman–Crippen MR) is 91.2 cm³/mol. The van der Waals surface area contributed by atoms with Gasteiger partial charge in [0.15, 0.2) is 0 Å². The number of carbonyl (C=O) groups is 1. The van der Waals surface area contributed by atoms with Crippen LogP contribution in [0.25, 0.3) is 0 Å². The van der Waals surface area contributed by atoms with E-state index >= 15 is 0 Å². The molecule has 2 atom stereocenters. The fourth-order valence-electron chi connectivity index (χ4n) is 2.40. The molecule has 1 amide bonds. The highest BCUT2D eigenvalue weighted by Gasteiger charge is 2.22.